The number of nitrogens with one attached hydrogen (secondary N) is 1. The molecule has 0 aromatic heterocycles. The molecule has 0 aliphatic rings. The maximum atomic E-state index is 7.29. The van der Waals surface area contributed by atoms with Crippen molar-refractivity contribution in [3.05, 3.63) is 29.8 Å². The van der Waals surface area contributed by atoms with Gasteiger partial charge in [-0.05, 0) is 44.5 Å². The lowest BCUT2D eigenvalue weighted by atomic mass is 10.1. The van der Waals surface area contributed by atoms with Crippen LogP contribution in [0, 0.1) is 5.41 Å². The summed E-state index contributed by atoms with van der Waals surface area (Å²) in [5.74, 6) is 0.802. The van der Waals surface area contributed by atoms with E-state index < -0.39 is 0 Å². The zero-order chi connectivity index (χ0) is 15.0. The highest BCUT2D eigenvalue weighted by Gasteiger charge is 2.15. The molecule has 0 saturated carbocycles. The van der Waals surface area contributed by atoms with Gasteiger partial charge in [-0.3, -0.25) is 5.41 Å². The molecule has 0 amide bonds. The van der Waals surface area contributed by atoms with Crippen molar-refractivity contribution in [2.45, 2.75) is 25.9 Å². The minimum atomic E-state index is -0.149. The predicted octanol–water partition coefficient (Wildman–Crippen LogP) is 2.18. The molecule has 0 bridgehead atoms. The van der Waals surface area contributed by atoms with Crippen LogP contribution < -0.4 is 10.5 Å². The highest BCUT2D eigenvalue weighted by molar-refractivity contribution is 5.94. The Morgan fingerprint density at radius 2 is 1.80 bits per heavy atom. The van der Waals surface area contributed by atoms with E-state index in [1.54, 1.807) is 31.4 Å². The van der Waals surface area contributed by atoms with E-state index in [0.717, 1.165) is 12.2 Å². The van der Waals surface area contributed by atoms with Crippen molar-refractivity contribution < 1.29 is 14.2 Å². The molecule has 0 fully saturated rings. The highest BCUT2D eigenvalue weighted by Crippen LogP contribution is 2.13. The minimum Gasteiger partial charge on any atom is -0.491 e. The molecule has 0 spiro atoms. The van der Waals surface area contributed by atoms with E-state index in [-0.39, 0.29) is 11.4 Å². The summed E-state index contributed by atoms with van der Waals surface area (Å²) >= 11 is 0. The number of benzene rings is 1. The first-order valence-corrected chi connectivity index (χ1v) is 6.65. The second-order valence-corrected chi connectivity index (χ2v) is 5.11. The summed E-state index contributed by atoms with van der Waals surface area (Å²) in [6, 6.07) is 7.12. The zero-order valence-electron chi connectivity index (χ0n) is 12.4. The quantitative estimate of drug-likeness (QED) is 0.413. The SMILES string of the molecule is COC(C)(C)CCOCCOc1ccc(C(=N)N)cc1. The van der Waals surface area contributed by atoms with E-state index in [0.29, 0.717) is 25.4 Å². The summed E-state index contributed by atoms with van der Waals surface area (Å²) in [6.07, 6.45) is 0.844. The van der Waals surface area contributed by atoms with Gasteiger partial charge >= 0.3 is 0 Å². The highest BCUT2D eigenvalue weighted by atomic mass is 16.5. The number of methoxy groups -OCH3 is 1. The molecule has 1 rings (SSSR count). The number of nitrogens with two attached hydrogens (primary N) is 1. The first-order chi connectivity index (χ1) is 9.44. The van der Waals surface area contributed by atoms with Crippen LogP contribution in [0.2, 0.25) is 0 Å². The first-order valence-electron chi connectivity index (χ1n) is 6.65. The molecule has 112 valence electrons. The molecule has 0 unspecified atom stereocenters. The molecule has 0 atom stereocenters. The van der Waals surface area contributed by atoms with E-state index in [2.05, 4.69) is 0 Å². The lowest BCUT2D eigenvalue weighted by Crippen LogP contribution is -2.24. The zero-order valence-corrected chi connectivity index (χ0v) is 12.4. The van der Waals surface area contributed by atoms with Crippen LogP contribution in [0.3, 0.4) is 0 Å². The Labute approximate surface area is 120 Å². The lowest BCUT2D eigenvalue weighted by molar-refractivity contribution is -0.0128. The molecular formula is C15H24N2O3. The predicted molar refractivity (Wildman–Crippen MR) is 79.5 cm³/mol. The fourth-order valence-corrected chi connectivity index (χ4v) is 1.47. The molecule has 0 saturated heterocycles. The summed E-state index contributed by atoms with van der Waals surface area (Å²) in [5, 5.41) is 7.29. The van der Waals surface area contributed by atoms with E-state index >= 15 is 0 Å². The molecule has 20 heavy (non-hydrogen) atoms. The van der Waals surface area contributed by atoms with E-state index in [1.807, 2.05) is 13.8 Å². The molecule has 1 aromatic rings. The van der Waals surface area contributed by atoms with Crippen LogP contribution in [0.1, 0.15) is 25.8 Å². The van der Waals surface area contributed by atoms with Crippen molar-refractivity contribution in [2.24, 2.45) is 5.73 Å². The number of amidine groups is 1. The third-order valence-electron chi connectivity index (χ3n) is 3.06. The Morgan fingerprint density at radius 3 is 2.35 bits per heavy atom. The van der Waals surface area contributed by atoms with Crippen molar-refractivity contribution in [1.29, 1.82) is 5.41 Å². The molecule has 0 aliphatic carbocycles. The lowest BCUT2D eigenvalue weighted by Gasteiger charge is -2.22. The monoisotopic (exact) mass is 280 g/mol. The van der Waals surface area contributed by atoms with Gasteiger partial charge < -0.3 is 19.9 Å². The van der Waals surface area contributed by atoms with E-state index in [1.165, 1.54) is 0 Å². The molecule has 3 N–H and O–H groups in total. The third-order valence-corrected chi connectivity index (χ3v) is 3.06. The van der Waals surface area contributed by atoms with Crippen LogP contribution in [0.5, 0.6) is 5.75 Å². The van der Waals surface area contributed by atoms with Gasteiger partial charge in [-0.1, -0.05) is 0 Å². The second kappa shape index (κ2) is 7.87. The Bertz CT molecular complexity index is 416. The maximum Gasteiger partial charge on any atom is 0.122 e. The van der Waals surface area contributed by atoms with Crippen molar-refractivity contribution in [3.63, 3.8) is 0 Å². The Hall–Kier alpha value is -1.59. The number of nitrogen functional groups attached to an aromatic ring is 1. The maximum absolute atomic E-state index is 7.29. The number of ether oxygens (including phenoxy) is 3. The molecular weight excluding hydrogens is 256 g/mol. The summed E-state index contributed by atoms with van der Waals surface area (Å²) in [4.78, 5) is 0. The van der Waals surface area contributed by atoms with Crippen LogP contribution in [0.4, 0.5) is 0 Å². The average Bonchev–Trinajstić information content (AvgIpc) is 2.43. The van der Waals surface area contributed by atoms with Crippen LogP contribution in [-0.4, -0.2) is 38.4 Å². The Kier molecular flexibility index (Phi) is 6.48. The van der Waals surface area contributed by atoms with Crippen molar-refractivity contribution >= 4 is 5.84 Å². The largest absolute Gasteiger partial charge is 0.491 e. The van der Waals surface area contributed by atoms with Crippen LogP contribution in [0.15, 0.2) is 24.3 Å². The van der Waals surface area contributed by atoms with Gasteiger partial charge in [0, 0.05) is 19.3 Å². The normalized spacial score (nSPS) is 11.3. The fourth-order valence-electron chi connectivity index (χ4n) is 1.47. The number of hydrogen-bond donors (Lipinski definition) is 2. The number of rotatable bonds is 9. The van der Waals surface area contributed by atoms with E-state index in [4.69, 9.17) is 25.4 Å². The van der Waals surface area contributed by atoms with Crippen LogP contribution in [0.25, 0.3) is 0 Å². The van der Waals surface area contributed by atoms with Gasteiger partial charge in [0.15, 0.2) is 0 Å². The van der Waals surface area contributed by atoms with Gasteiger partial charge in [-0.15, -0.1) is 0 Å². The second-order valence-electron chi connectivity index (χ2n) is 5.11. The Balaban J connectivity index is 2.17. The van der Waals surface area contributed by atoms with Gasteiger partial charge in [0.2, 0.25) is 0 Å². The van der Waals surface area contributed by atoms with Crippen molar-refractivity contribution in [2.75, 3.05) is 26.9 Å². The van der Waals surface area contributed by atoms with Gasteiger partial charge in [0.05, 0.1) is 12.2 Å². The molecule has 0 radical (unpaired) electrons. The van der Waals surface area contributed by atoms with E-state index in [9.17, 15) is 0 Å². The van der Waals surface area contributed by atoms with Crippen molar-refractivity contribution in [3.8, 4) is 5.75 Å². The minimum absolute atomic E-state index is 0.0561. The summed E-state index contributed by atoms with van der Waals surface area (Å²) in [6.45, 7) is 5.74. The topological polar surface area (TPSA) is 77.6 Å². The van der Waals surface area contributed by atoms with Crippen molar-refractivity contribution in [1.82, 2.24) is 0 Å². The molecule has 0 aliphatic heterocycles. The van der Waals surface area contributed by atoms with Crippen LogP contribution in [-0.2, 0) is 9.47 Å². The average molecular weight is 280 g/mol. The van der Waals surface area contributed by atoms with Gasteiger partial charge in [-0.25, -0.2) is 0 Å². The molecule has 5 heteroatoms. The standard InChI is InChI=1S/C15H24N2O3/c1-15(2,18-3)8-9-19-10-11-20-13-6-4-12(5-7-13)14(16)17/h4-7H,8-11H2,1-3H3,(H3,16,17). The summed E-state index contributed by atoms with van der Waals surface area (Å²) in [5.41, 5.74) is 5.92. The molecule has 0 heterocycles. The van der Waals surface area contributed by atoms with Gasteiger partial charge in [-0.2, -0.15) is 0 Å². The summed E-state index contributed by atoms with van der Waals surface area (Å²) < 4.78 is 16.3. The third kappa shape index (κ3) is 6.04. The van der Waals surface area contributed by atoms with Gasteiger partial charge in [0.1, 0.15) is 18.2 Å². The molecule has 1 aromatic carbocycles. The Morgan fingerprint density at radius 1 is 1.15 bits per heavy atom. The number of hydrogen-bond acceptors (Lipinski definition) is 4. The fraction of sp³-hybridized carbons (Fsp3) is 0.533. The van der Waals surface area contributed by atoms with Gasteiger partial charge in [0.25, 0.3) is 0 Å². The smallest absolute Gasteiger partial charge is 0.122 e. The van der Waals surface area contributed by atoms with Crippen LogP contribution >= 0.6 is 0 Å². The first kappa shape index (κ1) is 16.5. The molecule has 5 nitrogen and oxygen atoms in total. The summed E-state index contributed by atoms with van der Waals surface area (Å²) in [7, 11) is 1.70.